The van der Waals surface area contributed by atoms with Crippen LogP contribution < -0.4 is 5.32 Å². The number of rotatable bonds is 4. The molecule has 1 aromatic rings. The monoisotopic (exact) mass is 311 g/mol. The lowest BCUT2D eigenvalue weighted by atomic mass is 9.79. The van der Waals surface area contributed by atoms with Crippen molar-refractivity contribution >= 4 is 10.0 Å². The molecule has 0 amide bonds. The van der Waals surface area contributed by atoms with Gasteiger partial charge in [-0.25, -0.2) is 8.42 Å². The van der Waals surface area contributed by atoms with E-state index >= 15 is 0 Å². The summed E-state index contributed by atoms with van der Waals surface area (Å²) in [5, 5.41) is 3.03. The third kappa shape index (κ3) is 2.89. The highest BCUT2D eigenvalue weighted by Crippen LogP contribution is 2.38. The fourth-order valence-corrected chi connectivity index (χ4v) is 5.65. The van der Waals surface area contributed by atoms with Crippen LogP contribution in [0.15, 0.2) is 17.2 Å². The zero-order valence-corrected chi connectivity index (χ0v) is 13.5. The minimum atomic E-state index is -3.36. The number of H-pyrrole nitrogens is 1. The summed E-state index contributed by atoms with van der Waals surface area (Å²) >= 11 is 0. The van der Waals surface area contributed by atoms with Gasteiger partial charge in [0.25, 0.3) is 0 Å². The van der Waals surface area contributed by atoms with Gasteiger partial charge in [-0.2, -0.15) is 4.31 Å². The SMILES string of the molecule is CNCc1cc(S(=O)(=O)N2CCC[C@H]3CCCC[C@H]32)c[nH]1. The fourth-order valence-electron chi connectivity index (χ4n) is 3.87. The fraction of sp³-hybridized carbons (Fsp3) is 0.733. The molecule has 1 saturated carbocycles. The second kappa shape index (κ2) is 6.10. The van der Waals surface area contributed by atoms with Crippen LogP contribution in [0.5, 0.6) is 0 Å². The number of fused-ring (bicyclic) bond motifs is 1. The topological polar surface area (TPSA) is 65.2 Å². The van der Waals surface area contributed by atoms with E-state index in [1.54, 1.807) is 16.6 Å². The Kier molecular flexibility index (Phi) is 4.38. The molecule has 0 spiro atoms. The number of hydrogen-bond acceptors (Lipinski definition) is 3. The Morgan fingerprint density at radius 2 is 2.05 bits per heavy atom. The van der Waals surface area contributed by atoms with Gasteiger partial charge in [0.15, 0.2) is 0 Å². The molecule has 21 heavy (non-hydrogen) atoms. The van der Waals surface area contributed by atoms with E-state index in [4.69, 9.17) is 0 Å². The van der Waals surface area contributed by atoms with Crippen molar-refractivity contribution in [2.45, 2.75) is 56.0 Å². The van der Waals surface area contributed by atoms with Crippen molar-refractivity contribution in [1.82, 2.24) is 14.6 Å². The highest BCUT2D eigenvalue weighted by Gasteiger charge is 2.40. The normalized spacial score (nSPS) is 27.5. The van der Waals surface area contributed by atoms with Gasteiger partial charge in [0.05, 0.1) is 4.90 Å². The van der Waals surface area contributed by atoms with Gasteiger partial charge in [-0.3, -0.25) is 0 Å². The molecule has 0 unspecified atom stereocenters. The first-order chi connectivity index (χ1) is 10.1. The first kappa shape index (κ1) is 15.1. The third-order valence-corrected chi connectivity index (χ3v) is 6.78. The molecule has 0 radical (unpaired) electrons. The zero-order valence-electron chi connectivity index (χ0n) is 12.6. The molecule has 5 nitrogen and oxygen atoms in total. The number of nitrogens with one attached hydrogen (secondary N) is 2. The Bertz CT molecular complexity index is 579. The molecular weight excluding hydrogens is 286 g/mol. The van der Waals surface area contributed by atoms with Crippen molar-refractivity contribution in [3.05, 3.63) is 18.0 Å². The Hall–Kier alpha value is -0.850. The third-order valence-electron chi connectivity index (χ3n) is 4.88. The van der Waals surface area contributed by atoms with E-state index in [0.29, 0.717) is 23.9 Å². The number of aromatic amines is 1. The Balaban J connectivity index is 1.85. The van der Waals surface area contributed by atoms with Crippen molar-refractivity contribution in [1.29, 1.82) is 0 Å². The van der Waals surface area contributed by atoms with E-state index < -0.39 is 10.0 Å². The van der Waals surface area contributed by atoms with Gasteiger partial charge in [0.2, 0.25) is 10.0 Å². The largest absolute Gasteiger partial charge is 0.363 e. The minimum absolute atomic E-state index is 0.222. The van der Waals surface area contributed by atoms with E-state index in [2.05, 4.69) is 10.3 Å². The summed E-state index contributed by atoms with van der Waals surface area (Å²) in [6, 6.07) is 1.98. The summed E-state index contributed by atoms with van der Waals surface area (Å²) in [6.07, 6.45) is 8.45. The molecule has 2 aliphatic rings. The average Bonchev–Trinajstić information content (AvgIpc) is 2.96. The van der Waals surface area contributed by atoms with Gasteiger partial charge in [-0.1, -0.05) is 12.8 Å². The van der Waals surface area contributed by atoms with E-state index in [1.807, 2.05) is 7.05 Å². The number of aromatic nitrogens is 1. The highest BCUT2D eigenvalue weighted by molar-refractivity contribution is 7.89. The maximum atomic E-state index is 12.9. The number of sulfonamides is 1. The molecule has 118 valence electrons. The molecule has 3 rings (SSSR count). The van der Waals surface area contributed by atoms with Crippen LogP contribution >= 0.6 is 0 Å². The van der Waals surface area contributed by atoms with Gasteiger partial charge in [-0.05, 0) is 44.7 Å². The van der Waals surface area contributed by atoms with Gasteiger partial charge in [0, 0.05) is 31.0 Å². The Labute approximate surface area is 127 Å². The van der Waals surface area contributed by atoms with Gasteiger partial charge >= 0.3 is 0 Å². The average molecular weight is 311 g/mol. The molecule has 2 atom stereocenters. The van der Waals surface area contributed by atoms with Crippen LogP contribution in [0.2, 0.25) is 0 Å². The molecule has 1 saturated heterocycles. The van der Waals surface area contributed by atoms with Crippen molar-refractivity contribution in [2.24, 2.45) is 5.92 Å². The van der Waals surface area contributed by atoms with Crippen molar-refractivity contribution in [2.75, 3.05) is 13.6 Å². The van der Waals surface area contributed by atoms with Gasteiger partial charge < -0.3 is 10.3 Å². The first-order valence-electron chi connectivity index (χ1n) is 7.96. The lowest BCUT2D eigenvalue weighted by molar-refractivity contribution is 0.129. The number of piperidine rings is 1. The van der Waals surface area contributed by atoms with E-state index in [-0.39, 0.29) is 6.04 Å². The Morgan fingerprint density at radius 3 is 2.86 bits per heavy atom. The summed E-state index contributed by atoms with van der Waals surface area (Å²) in [7, 11) is -1.50. The van der Waals surface area contributed by atoms with Crippen LogP contribution in [0, 0.1) is 5.92 Å². The summed E-state index contributed by atoms with van der Waals surface area (Å²) in [5.74, 6) is 0.568. The predicted octanol–water partition coefficient (Wildman–Crippen LogP) is 2.08. The second-order valence-electron chi connectivity index (χ2n) is 6.26. The number of hydrogen-bond donors (Lipinski definition) is 2. The van der Waals surface area contributed by atoms with E-state index in [0.717, 1.165) is 25.0 Å². The van der Waals surface area contributed by atoms with Crippen LogP contribution in [0.25, 0.3) is 0 Å². The first-order valence-corrected chi connectivity index (χ1v) is 9.40. The van der Waals surface area contributed by atoms with Crippen LogP contribution in [0.3, 0.4) is 0 Å². The molecule has 1 aliphatic carbocycles. The van der Waals surface area contributed by atoms with Crippen LogP contribution in [-0.2, 0) is 16.6 Å². The Morgan fingerprint density at radius 1 is 1.29 bits per heavy atom. The smallest absolute Gasteiger partial charge is 0.244 e. The molecule has 1 aliphatic heterocycles. The van der Waals surface area contributed by atoms with E-state index in [9.17, 15) is 8.42 Å². The highest BCUT2D eigenvalue weighted by atomic mass is 32.2. The molecular formula is C15H25N3O2S. The molecule has 2 N–H and O–H groups in total. The summed E-state index contributed by atoms with van der Waals surface area (Å²) < 4.78 is 27.7. The molecule has 2 heterocycles. The van der Waals surface area contributed by atoms with Crippen molar-refractivity contribution in [3.8, 4) is 0 Å². The molecule has 6 heteroatoms. The van der Waals surface area contributed by atoms with Crippen LogP contribution in [0.4, 0.5) is 0 Å². The maximum absolute atomic E-state index is 12.9. The van der Waals surface area contributed by atoms with Crippen LogP contribution in [-0.4, -0.2) is 37.3 Å². The summed E-state index contributed by atoms with van der Waals surface area (Å²) in [5.41, 5.74) is 0.910. The van der Waals surface area contributed by atoms with Gasteiger partial charge in [-0.15, -0.1) is 0 Å². The lowest BCUT2D eigenvalue weighted by Gasteiger charge is -2.42. The molecule has 0 bridgehead atoms. The van der Waals surface area contributed by atoms with Crippen LogP contribution in [0.1, 0.15) is 44.2 Å². The second-order valence-corrected chi connectivity index (χ2v) is 8.15. The van der Waals surface area contributed by atoms with Gasteiger partial charge in [0.1, 0.15) is 0 Å². The summed E-state index contributed by atoms with van der Waals surface area (Å²) in [4.78, 5) is 3.47. The lowest BCUT2D eigenvalue weighted by Crippen LogP contribution is -2.49. The zero-order chi connectivity index (χ0) is 14.9. The van der Waals surface area contributed by atoms with Crippen molar-refractivity contribution < 1.29 is 8.42 Å². The van der Waals surface area contributed by atoms with Crippen molar-refractivity contribution in [3.63, 3.8) is 0 Å². The molecule has 2 fully saturated rings. The minimum Gasteiger partial charge on any atom is -0.363 e. The quantitative estimate of drug-likeness (QED) is 0.895. The molecule has 0 aromatic carbocycles. The molecule has 1 aromatic heterocycles. The predicted molar refractivity (Wildman–Crippen MR) is 82.4 cm³/mol. The van der Waals surface area contributed by atoms with E-state index in [1.165, 1.54) is 19.3 Å². The standard InChI is InChI=1S/C15H25N3O2S/c1-16-10-13-9-14(11-17-13)21(19,20)18-8-4-6-12-5-2-3-7-15(12)18/h9,11-12,15-17H,2-8,10H2,1H3/t12-,15-/m1/s1. The summed E-state index contributed by atoms with van der Waals surface area (Å²) in [6.45, 7) is 1.33. The maximum Gasteiger partial charge on any atom is 0.244 e. The number of nitrogens with zero attached hydrogens (tertiary/aromatic N) is 1.